The van der Waals surface area contributed by atoms with Gasteiger partial charge in [-0.25, -0.2) is 0 Å². The van der Waals surface area contributed by atoms with Gasteiger partial charge in [0.1, 0.15) is 5.78 Å². The van der Waals surface area contributed by atoms with Gasteiger partial charge in [0.2, 0.25) is 5.91 Å². The van der Waals surface area contributed by atoms with E-state index in [1.807, 2.05) is 34.6 Å². The summed E-state index contributed by atoms with van der Waals surface area (Å²) in [4.78, 5) is 24.8. The Labute approximate surface area is 169 Å². The molecule has 4 heteroatoms. The maximum absolute atomic E-state index is 12.4. The highest BCUT2D eigenvalue weighted by atomic mass is 127. The van der Waals surface area contributed by atoms with Gasteiger partial charge in [-0.05, 0) is 29.6 Å². The Morgan fingerprint density at radius 1 is 0.960 bits per heavy atom. The molecule has 0 heterocycles. The summed E-state index contributed by atoms with van der Waals surface area (Å²) in [5.74, 6) is 1.66. The second-order valence-electron chi connectivity index (χ2n) is 9.60. The normalized spacial score (nSPS) is 16.4. The van der Waals surface area contributed by atoms with E-state index >= 15 is 0 Å². The highest BCUT2D eigenvalue weighted by molar-refractivity contribution is 14.1. The second kappa shape index (κ2) is 10.3. The molecule has 0 bridgehead atoms. The number of Topliss-reactive ketones (excluding diaryl/α,β-unsaturated/α-hetero) is 1. The monoisotopic (exact) mass is 465 g/mol. The standard InChI is InChI=1S/C21H40INO2/c1-14(2)19(25)21(8,9)17(5)10-18(24)23-13-20(6,7)11-15(3)16(4)12-22/h14-17H,10-13H2,1-9H3,(H,23,24). The summed E-state index contributed by atoms with van der Waals surface area (Å²) in [5, 5.41) is 3.10. The van der Waals surface area contributed by atoms with Crippen molar-refractivity contribution in [1.29, 1.82) is 0 Å². The minimum atomic E-state index is -0.467. The van der Waals surface area contributed by atoms with Crippen LogP contribution in [-0.2, 0) is 9.59 Å². The zero-order valence-corrected chi connectivity index (χ0v) is 20.0. The molecule has 1 N–H and O–H groups in total. The minimum Gasteiger partial charge on any atom is -0.356 e. The molecule has 0 aromatic heterocycles. The van der Waals surface area contributed by atoms with Gasteiger partial charge in [0.15, 0.2) is 0 Å². The Bertz CT molecular complexity index is 443. The lowest BCUT2D eigenvalue weighted by atomic mass is 9.71. The van der Waals surface area contributed by atoms with Crippen molar-refractivity contribution in [3.63, 3.8) is 0 Å². The van der Waals surface area contributed by atoms with Crippen LogP contribution in [0.3, 0.4) is 0 Å². The van der Waals surface area contributed by atoms with Crippen molar-refractivity contribution >= 4 is 34.3 Å². The molecule has 0 aromatic carbocycles. The van der Waals surface area contributed by atoms with E-state index in [1.165, 1.54) is 0 Å². The number of ketones is 1. The zero-order chi connectivity index (χ0) is 20.0. The van der Waals surface area contributed by atoms with Crippen LogP contribution in [0.4, 0.5) is 0 Å². The van der Waals surface area contributed by atoms with Crippen molar-refractivity contribution < 1.29 is 9.59 Å². The topological polar surface area (TPSA) is 46.2 Å². The van der Waals surface area contributed by atoms with Gasteiger partial charge in [-0.1, -0.05) is 84.9 Å². The van der Waals surface area contributed by atoms with Crippen molar-refractivity contribution in [2.45, 2.75) is 75.2 Å². The fourth-order valence-electron chi connectivity index (χ4n) is 3.23. The molecule has 0 spiro atoms. The summed E-state index contributed by atoms with van der Waals surface area (Å²) in [6.07, 6.45) is 1.51. The van der Waals surface area contributed by atoms with Crippen molar-refractivity contribution in [1.82, 2.24) is 5.32 Å². The average Bonchev–Trinajstić information content (AvgIpc) is 2.50. The van der Waals surface area contributed by atoms with Crippen LogP contribution in [0.15, 0.2) is 0 Å². The summed E-state index contributed by atoms with van der Waals surface area (Å²) in [5.41, 5.74) is -0.382. The van der Waals surface area contributed by atoms with Gasteiger partial charge in [0.05, 0.1) is 0 Å². The third-order valence-electron chi connectivity index (χ3n) is 5.74. The fraction of sp³-hybridized carbons (Fsp3) is 0.905. The van der Waals surface area contributed by atoms with Crippen LogP contribution in [0.1, 0.15) is 75.2 Å². The number of carbonyl (C=O) groups is 2. The highest BCUT2D eigenvalue weighted by Crippen LogP contribution is 2.33. The first-order chi connectivity index (χ1) is 11.2. The predicted molar refractivity (Wildman–Crippen MR) is 116 cm³/mol. The average molecular weight is 465 g/mol. The molecule has 0 fully saturated rings. The molecule has 0 aliphatic heterocycles. The Morgan fingerprint density at radius 3 is 1.92 bits per heavy atom. The van der Waals surface area contributed by atoms with Crippen LogP contribution in [0.2, 0.25) is 0 Å². The Morgan fingerprint density at radius 2 is 1.48 bits per heavy atom. The Kier molecular flexibility index (Phi) is 10.2. The summed E-state index contributed by atoms with van der Waals surface area (Å²) >= 11 is 2.45. The molecule has 25 heavy (non-hydrogen) atoms. The van der Waals surface area contributed by atoms with E-state index in [4.69, 9.17) is 0 Å². The van der Waals surface area contributed by atoms with Crippen molar-refractivity contribution in [3.8, 4) is 0 Å². The minimum absolute atomic E-state index is 0.000765. The van der Waals surface area contributed by atoms with Crippen LogP contribution in [0, 0.1) is 34.5 Å². The highest BCUT2D eigenvalue weighted by Gasteiger charge is 2.36. The maximum Gasteiger partial charge on any atom is 0.220 e. The van der Waals surface area contributed by atoms with Gasteiger partial charge >= 0.3 is 0 Å². The van der Waals surface area contributed by atoms with Crippen molar-refractivity contribution in [2.75, 3.05) is 11.0 Å². The quantitative estimate of drug-likeness (QED) is 0.323. The van der Waals surface area contributed by atoms with Crippen LogP contribution >= 0.6 is 22.6 Å². The number of amides is 1. The van der Waals surface area contributed by atoms with E-state index < -0.39 is 5.41 Å². The van der Waals surface area contributed by atoms with E-state index in [0.29, 0.717) is 24.8 Å². The smallest absolute Gasteiger partial charge is 0.220 e. The van der Waals surface area contributed by atoms with E-state index in [9.17, 15) is 9.59 Å². The number of rotatable bonds is 11. The molecule has 0 saturated carbocycles. The van der Waals surface area contributed by atoms with Gasteiger partial charge in [-0.2, -0.15) is 0 Å². The van der Waals surface area contributed by atoms with Gasteiger partial charge in [0, 0.05) is 28.7 Å². The lowest BCUT2D eigenvalue weighted by molar-refractivity contribution is -0.134. The fourth-order valence-corrected chi connectivity index (χ4v) is 4.10. The number of carbonyl (C=O) groups excluding carboxylic acids is 2. The number of hydrogen-bond donors (Lipinski definition) is 1. The molecule has 148 valence electrons. The van der Waals surface area contributed by atoms with Crippen LogP contribution in [-0.4, -0.2) is 22.7 Å². The molecule has 0 radical (unpaired) electrons. The molecule has 3 nitrogen and oxygen atoms in total. The van der Waals surface area contributed by atoms with E-state index in [0.717, 1.165) is 10.8 Å². The van der Waals surface area contributed by atoms with Crippen LogP contribution in [0.25, 0.3) is 0 Å². The molecule has 3 unspecified atom stereocenters. The van der Waals surface area contributed by atoms with Crippen LogP contribution < -0.4 is 5.32 Å². The second-order valence-corrected chi connectivity index (χ2v) is 10.5. The summed E-state index contributed by atoms with van der Waals surface area (Å²) in [7, 11) is 0. The number of alkyl halides is 1. The van der Waals surface area contributed by atoms with E-state index in [2.05, 4.69) is 55.6 Å². The van der Waals surface area contributed by atoms with Crippen molar-refractivity contribution in [2.24, 2.45) is 34.5 Å². The van der Waals surface area contributed by atoms with Gasteiger partial charge in [-0.3, -0.25) is 9.59 Å². The lowest BCUT2D eigenvalue weighted by Gasteiger charge is -2.33. The first-order valence-corrected chi connectivity index (χ1v) is 11.1. The van der Waals surface area contributed by atoms with Crippen LogP contribution in [0.5, 0.6) is 0 Å². The molecular weight excluding hydrogens is 425 g/mol. The van der Waals surface area contributed by atoms with Gasteiger partial charge in [-0.15, -0.1) is 0 Å². The number of halogens is 1. The number of hydrogen-bond acceptors (Lipinski definition) is 2. The molecule has 0 aliphatic rings. The molecule has 0 aromatic rings. The SMILES string of the molecule is CC(C)C(=O)C(C)(C)C(C)CC(=O)NCC(C)(C)CC(C)C(C)CI. The predicted octanol–water partition coefficient (Wildman–Crippen LogP) is 5.50. The molecule has 0 saturated heterocycles. The first kappa shape index (κ1) is 24.9. The maximum atomic E-state index is 12.4. The van der Waals surface area contributed by atoms with E-state index in [1.54, 1.807) is 0 Å². The lowest BCUT2D eigenvalue weighted by Crippen LogP contribution is -2.40. The van der Waals surface area contributed by atoms with Crippen molar-refractivity contribution in [3.05, 3.63) is 0 Å². The molecule has 0 aliphatic carbocycles. The largest absolute Gasteiger partial charge is 0.356 e. The first-order valence-electron chi connectivity index (χ1n) is 9.61. The molecule has 0 rings (SSSR count). The summed E-state index contributed by atoms with van der Waals surface area (Å²) in [6.45, 7) is 19.5. The number of nitrogens with one attached hydrogen (secondary N) is 1. The Balaban J connectivity index is 4.58. The Hall–Kier alpha value is -0.130. The molecular formula is C21H40INO2. The van der Waals surface area contributed by atoms with Gasteiger partial charge in [0.25, 0.3) is 0 Å². The third-order valence-corrected chi connectivity index (χ3v) is 7.13. The molecule has 1 amide bonds. The van der Waals surface area contributed by atoms with Gasteiger partial charge < -0.3 is 5.32 Å². The molecule has 3 atom stereocenters. The van der Waals surface area contributed by atoms with E-state index in [-0.39, 0.29) is 28.9 Å². The zero-order valence-electron chi connectivity index (χ0n) is 17.8. The third kappa shape index (κ3) is 8.40. The summed E-state index contributed by atoms with van der Waals surface area (Å²) < 4.78 is 1.16. The summed E-state index contributed by atoms with van der Waals surface area (Å²) in [6, 6.07) is 0.